The predicted molar refractivity (Wildman–Crippen MR) is 98.5 cm³/mol. The smallest absolute Gasteiger partial charge is 0.341 e. The Morgan fingerprint density at radius 1 is 1.30 bits per heavy atom. The lowest BCUT2D eigenvalue weighted by Gasteiger charge is -2.15. The molecule has 0 saturated heterocycles. The highest BCUT2D eigenvalue weighted by molar-refractivity contribution is 5.96. The number of fused-ring (bicyclic) bond motifs is 1. The van der Waals surface area contributed by atoms with Crippen LogP contribution in [0.3, 0.4) is 0 Å². The second-order valence-corrected chi connectivity index (χ2v) is 6.66. The number of carbonyl (C=O) groups excluding carboxylic acids is 2. The summed E-state index contributed by atoms with van der Waals surface area (Å²) in [7, 11) is 2.98. The van der Waals surface area contributed by atoms with Gasteiger partial charge in [-0.2, -0.15) is 5.10 Å². The Hall–Kier alpha value is -3.16. The van der Waals surface area contributed by atoms with Gasteiger partial charge in [-0.15, -0.1) is 0 Å². The standard InChI is InChI=1S/C19H22N4O4/c1-11(2)23-17-13(9-21-23)6-14(8-20-17)18(24)22(4)10-15-7-16(12(3)27-15)19(25)26-5/h6-9,11H,10H2,1-5H3. The highest BCUT2D eigenvalue weighted by Gasteiger charge is 2.19. The van der Waals surface area contributed by atoms with Crippen molar-refractivity contribution in [3.63, 3.8) is 0 Å². The third-order valence-electron chi connectivity index (χ3n) is 4.28. The molecule has 0 aliphatic rings. The Morgan fingerprint density at radius 2 is 2.04 bits per heavy atom. The van der Waals surface area contributed by atoms with Crippen LogP contribution >= 0.6 is 0 Å². The van der Waals surface area contributed by atoms with Crippen LogP contribution in [0.15, 0.2) is 28.9 Å². The zero-order valence-corrected chi connectivity index (χ0v) is 16.0. The van der Waals surface area contributed by atoms with Crippen LogP contribution < -0.4 is 0 Å². The Morgan fingerprint density at radius 3 is 2.70 bits per heavy atom. The first-order valence-electron chi connectivity index (χ1n) is 8.58. The Labute approximate surface area is 156 Å². The van der Waals surface area contributed by atoms with E-state index in [1.165, 1.54) is 12.0 Å². The molecule has 0 radical (unpaired) electrons. The maximum absolute atomic E-state index is 12.7. The molecule has 0 N–H and O–H groups in total. The number of esters is 1. The molecular formula is C19H22N4O4. The summed E-state index contributed by atoms with van der Waals surface area (Å²) in [6.45, 7) is 5.95. The molecule has 3 aromatic heterocycles. The number of aromatic nitrogens is 3. The summed E-state index contributed by atoms with van der Waals surface area (Å²) in [4.78, 5) is 30.3. The summed E-state index contributed by atoms with van der Waals surface area (Å²) < 4.78 is 12.1. The second-order valence-electron chi connectivity index (χ2n) is 6.66. The van der Waals surface area contributed by atoms with Crippen molar-refractivity contribution < 1.29 is 18.7 Å². The predicted octanol–water partition coefficient (Wildman–Crippen LogP) is 2.97. The molecule has 1 amide bonds. The van der Waals surface area contributed by atoms with Crippen molar-refractivity contribution in [3.8, 4) is 0 Å². The van der Waals surface area contributed by atoms with Gasteiger partial charge in [0.25, 0.3) is 5.91 Å². The number of nitrogens with zero attached hydrogens (tertiary/aromatic N) is 4. The molecular weight excluding hydrogens is 348 g/mol. The number of furan rings is 1. The average Bonchev–Trinajstić information content (AvgIpc) is 3.23. The van der Waals surface area contributed by atoms with Gasteiger partial charge in [0.2, 0.25) is 0 Å². The minimum atomic E-state index is -0.465. The first-order valence-corrected chi connectivity index (χ1v) is 8.58. The van der Waals surface area contributed by atoms with Crippen LogP contribution in [-0.4, -0.2) is 45.7 Å². The molecule has 0 unspecified atom stereocenters. The molecule has 0 aliphatic carbocycles. The van der Waals surface area contributed by atoms with Crippen LogP contribution in [0.25, 0.3) is 11.0 Å². The van der Waals surface area contributed by atoms with Gasteiger partial charge in [0.05, 0.1) is 25.4 Å². The van der Waals surface area contributed by atoms with Crippen LogP contribution in [0.4, 0.5) is 0 Å². The molecule has 0 bridgehead atoms. The van der Waals surface area contributed by atoms with Crippen molar-refractivity contribution in [3.05, 3.63) is 47.2 Å². The fourth-order valence-electron chi connectivity index (χ4n) is 2.90. The van der Waals surface area contributed by atoms with E-state index in [9.17, 15) is 9.59 Å². The van der Waals surface area contributed by atoms with Crippen molar-refractivity contribution in [1.82, 2.24) is 19.7 Å². The van der Waals surface area contributed by atoms with Crippen LogP contribution in [-0.2, 0) is 11.3 Å². The van der Waals surface area contributed by atoms with E-state index in [4.69, 9.17) is 9.15 Å². The van der Waals surface area contributed by atoms with Gasteiger partial charge in [-0.3, -0.25) is 4.79 Å². The number of hydrogen-bond donors (Lipinski definition) is 0. The van der Waals surface area contributed by atoms with Gasteiger partial charge in [0.1, 0.15) is 17.1 Å². The summed E-state index contributed by atoms with van der Waals surface area (Å²) >= 11 is 0. The third-order valence-corrected chi connectivity index (χ3v) is 4.28. The van der Waals surface area contributed by atoms with Gasteiger partial charge in [-0.25, -0.2) is 14.5 Å². The van der Waals surface area contributed by atoms with Crippen LogP contribution in [0.1, 0.15) is 52.1 Å². The summed E-state index contributed by atoms with van der Waals surface area (Å²) in [6, 6.07) is 3.56. The molecule has 0 spiro atoms. The number of aryl methyl sites for hydroxylation is 1. The highest BCUT2D eigenvalue weighted by atomic mass is 16.5. The topological polar surface area (TPSA) is 90.5 Å². The number of rotatable bonds is 5. The number of ether oxygens (including phenoxy) is 1. The number of carbonyl (C=O) groups is 2. The maximum Gasteiger partial charge on any atom is 0.341 e. The van der Waals surface area contributed by atoms with Crippen molar-refractivity contribution in [1.29, 1.82) is 0 Å². The summed E-state index contributed by atoms with van der Waals surface area (Å²) in [5.74, 6) is 0.302. The van der Waals surface area contributed by atoms with E-state index in [1.54, 1.807) is 38.5 Å². The lowest BCUT2D eigenvalue weighted by molar-refractivity contribution is 0.0598. The van der Waals surface area contributed by atoms with Crippen molar-refractivity contribution in [2.75, 3.05) is 14.2 Å². The quantitative estimate of drug-likeness (QED) is 0.641. The van der Waals surface area contributed by atoms with Gasteiger partial charge < -0.3 is 14.1 Å². The summed E-state index contributed by atoms with van der Waals surface area (Å²) in [5, 5.41) is 5.13. The minimum absolute atomic E-state index is 0.186. The largest absolute Gasteiger partial charge is 0.465 e. The zero-order valence-electron chi connectivity index (χ0n) is 16.0. The maximum atomic E-state index is 12.7. The Balaban J connectivity index is 1.79. The molecule has 3 heterocycles. The first kappa shape index (κ1) is 18.6. The number of hydrogen-bond acceptors (Lipinski definition) is 6. The molecule has 8 heteroatoms. The fourth-order valence-corrected chi connectivity index (χ4v) is 2.90. The lowest BCUT2D eigenvalue weighted by Crippen LogP contribution is -2.26. The van der Waals surface area contributed by atoms with Crippen molar-refractivity contribution in [2.45, 2.75) is 33.4 Å². The van der Waals surface area contributed by atoms with Crippen LogP contribution in [0.2, 0.25) is 0 Å². The Bertz CT molecular complexity index is 1000. The lowest BCUT2D eigenvalue weighted by atomic mass is 10.2. The van der Waals surface area contributed by atoms with Crippen LogP contribution in [0, 0.1) is 6.92 Å². The third kappa shape index (κ3) is 3.55. The van der Waals surface area contributed by atoms with E-state index in [2.05, 4.69) is 10.1 Å². The molecule has 0 saturated carbocycles. The normalized spacial score (nSPS) is 11.2. The number of methoxy groups -OCH3 is 1. The summed E-state index contributed by atoms with van der Waals surface area (Å²) in [6.07, 6.45) is 3.26. The average molecular weight is 370 g/mol. The monoisotopic (exact) mass is 370 g/mol. The molecule has 3 rings (SSSR count). The van der Waals surface area contributed by atoms with Crippen molar-refractivity contribution >= 4 is 22.9 Å². The van der Waals surface area contributed by atoms with Gasteiger partial charge in [0.15, 0.2) is 5.65 Å². The van der Waals surface area contributed by atoms with Gasteiger partial charge >= 0.3 is 5.97 Å². The second kappa shape index (κ2) is 7.22. The number of pyridine rings is 1. The van der Waals surface area contributed by atoms with E-state index < -0.39 is 5.97 Å². The van der Waals surface area contributed by atoms with E-state index >= 15 is 0 Å². The van der Waals surface area contributed by atoms with Gasteiger partial charge in [-0.05, 0) is 32.9 Å². The highest BCUT2D eigenvalue weighted by Crippen LogP contribution is 2.20. The van der Waals surface area contributed by atoms with E-state index in [-0.39, 0.29) is 18.5 Å². The molecule has 142 valence electrons. The van der Waals surface area contributed by atoms with Gasteiger partial charge in [-0.1, -0.05) is 0 Å². The zero-order chi connectivity index (χ0) is 19.7. The van der Waals surface area contributed by atoms with Crippen LogP contribution in [0.5, 0.6) is 0 Å². The minimum Gasteiger partial charge on any atom is -0.465 e. The molecule has 27 heavy (non-hydrogen) atoms. The molecule has 0 aromatic carbocycles. The molecule has 0 fully saturated rings. The first-order chi connectivity index (χ1) is 12.8. The van der Waals surface area contributed by atoms with E-state index in [1.807, 2.05) is 18.5 Å². The fraction of sp³-hybridized carbons (Fsp3) is 0.368. The summed E-state index contributed by atoms with van der Waals surface area (Å²) in [5.41, 5.74) is 1.57. The van der Waals surface area contributed by atoms with Gasteiger partial charge in [0, 0.05) is 24.7 Å². The molecule has 8 nitrogen and oxygen atoms in total. The molecule has 3 aromatic rings. The molecule has 0 aliphatic heterocycles. The number of amides is 1. The molecule has 0 atom stereocenters. The SMILES string of the molecule is COC(=O)c1cc(CN(C)C(=O)c2cnc3c(cnn3C(C)C)c2)oc1C. The Kier molecular flexibility index (Phi) is 4.98. The van der Waals surface area contributed by atoms with E-state index in [0.717, 1.165) is 11.0 Å². The van der Waals surface area contributed by atoms with Crippen molar-refractivity contribution in [2.24, 2.45) is 0 Å². The van der Waals surface area contributed by atoms with E-state index in [0.29, 0.717) is 22.6 Å².